The van der Waals surface area contributed by atoms with Gasteiger partial charge in [0.15, 0.2) is 0 Å². The highest BCUT2D eigenvalue weighted by Gasteiger charge is 2.59. The Morgan fingerprint density at radius 3 is 1.31 bits per heavy atom. The molecular weight excluding hydrogens is 283 g/mol. The Balaban J connectivity index is 1.91. The van der Waals surface area contributed by atoms with Gasteiger partial charge in [0.1, 0.15) is 15.7 Å². The van der Waals surface area contributed by atoms with Crippen molar-refractivity contribution in [2.75, 3.05) is 0 Å². The first-order chi connectivity index (χ1) is 7.68. The third-order valence-corrected chi connectivity index (χ3v) is 10.2. The lowest BCUT2D eigenvalue weighted by atomic mass is 10.00. The summed E-state index contributed by atoms with van der Waals surface area (Å²) in [5.41, 5.74) is 0. The number of hydrogen-bond acceptors (Lipinski definition) is 0. The van der Waals surface area contributed by atoms with E-state index < -0.39 is 0 Å². The normalized spacial score (nSPS) is 56.8. The van der Waals surface area contributed by atoms with Crippen molar-refractivity contribution in [1.82, 2.24) is 0 Å². The minimum Gasteiger partial charge on any atom is -0.118 e. The van der Waals surface area contributed by atoms with Crippen LogP contribution in [0.5, 0.6) is 0 Å². The molecule has 0 aromatic rings. The summed E-state index contributed by atoms with van der Waals surface area (Å²) in [7, 11) is 0.416. The van der Waals surface area contributed by atoms with E-state index in [1.54, 1.807) is 0 Å². The minimum atomic E-state index is 0.361. The molecule has 7 atom stereocenters. The van der Waals surface area contributed by atoms with Crippen LogP contribution in [0.2, 0.25) is 0 Å². The van der Waals surface area contributed by atoms with Crippen LogP contribution < -0.4 is 0 Å². The number of alkyl halides is 3. The molecule has 0 aromatic heterocycles. The van der Waals surface area contributed by atoms with Crippen molar-refractivity contribution in [3.63, 3.8) is 0 Å². The summed E-state index contributed by atoms with van der Waals surface area (Å²) in [5.74, 6) is 0. The predicted molar refractivity (Wildman–Crippen MR) is 75.4 cm³/mol. The third-order valence-electron chi connectivity index (χ3n) is 4.44. The van der Waals surface area contributed by atoms with Crippen LogP contribution in [0.25, 0.3) is 0 Å². The maximum atomic E-state index is 6.57. The van der Waals surface area contributed by atoms with Gasteiger partial charge in [0, 0.05) is 23.7 Å². The fourth-order valence-corrected chi connectivity index (χ4v) is 9.49. The van der Waals surface area contributed by atoms with Crippen LogP contribution in [0.4, 0.5) is 0 Å². The molecule has 0 amide bonds. The lowest BCUT2D eigenvalue weighted by Gasteiger charge is -2.32. The second kappa shape index (κ2) is 4.72. The highest BCUT2D eigenvalue weighted by Crippen LogP contribution is 2.49. The Kier molecular flexibility index (Phi) is 3.62. The molecule has 0 aliphatic carbocycles. The average molecular weight is 301 g/mol. The average Bonchev–Trinajstić information content (AvgIpc) is 2.67. The molecule has 16 heavy (non-hydrogen) atoms. The first-order valence-corrected chi connectivity index (χ1v) is 9.03. The lowest BCUT2D eigenvalue weighted by molar-refractivity contribution is 0.548. The zero-order chi connectivity index (χ0) is 11.3. The SMILES string of the molecule is Cl[C@@H]1CC[C@@H]2[C@@H](Cl)CC[C@@H](Cl)[C@@H]3CC[C@@H]1[S+]23. The summed E-state index contributed by atoms with van der Waals surface area (Å²) < 4.78 is 0. The van der Waals surface area contributed by atoms with Crippen LogP contribution in [0.15, 0.2) is 0 Å². The quantitative estimate of drug-likeness (QED) is 0.470. The van der Waals surface area contributed by atoms with Crippen LogP contribution >= 0.6 is 34.8 Å². The van der Waals surface area contributed by atoms with Crippen molar-refractivity contribution in [3.8, 4) is 0 Å². The van der Waals surface area contributed by atoms with Crippen molar-refractivity contribution in [3.05, 3.63) is 0 Å². The fourth-order valence-electron chi connectivity index (χ4n) is 3.66. The first kappa shape index (κ1) is 12.3. The minimum absolute atomic E-state index is 0.361. The van der Waals surface area contributed by atoms with Gasteiger partial charge in [0.2, 0.25) is 0 Å². The smallest absolute Gasteiger partial charge is 0.118 e. The highest BCUT2D eigenvalue weighted by atomic mass is 35.5. The molecule has 3 heterocycles. The van der Waals surface area contributed by atoms with Crippen molar-refractivity contribution in [2.24, 2.45) is 0 Å². The van der Waals surface area contributed by atoms with E-state index in [1.807, 2.05) is 0 Å². The molecule has 3 aliphatic heterocycles. The molecule has 3 aliphatic rings. The molecule has 4 heteroatoms. The molecular formula is C12H18Cl3S+. The highest BCUT2D eigenvalue weighted by molar-refractivity contribution is 7.99. The van der Waals surface area contributed by atoms with Crippen LogP contribution in [0, 0.1) is 0 Å². The predicted octanol–water partition coefficient (Wildman–Crippen LogP) is 3.91. The van der Waals surface area contributed by atoms with Crippen LogP contribution in [0.1, 0.15) is 38.5 Å². The Morgan fingerprint density at radius 1 is 0.562 bits per heavy atom. The fraction of sp³-hybridized carbons (Fsp3) is 1.00. The van der Waals surface area contributed by atoms with Gasteiger partial charge < -0.3 is 0 Å². The summed E-state index contributed by atoms with van der Waals surface area (Å²) in [4.78, 5) is 0. The molecule has 0 radical (unpaired) electrons. The second-order valence-corrected chi connectivity index (χ2v) is 9.62. The van der Waals surface area contributed by atoms with E-state index in [2.05, 4.69) is 0 Å². The third kappa shape index (κ3) is 1.90. The van der Waals surface area contributed by atoms with E-state index in [4.69, 9.17) is 34.8 Å². The molecule has 0 saturated carbocycles. The molecule has 3 fully saturated rings. The maximum absolute atomic E-state index is 6.57. The van der Waals surface area contributed by atoms with Gasteiger partial charge in [-0.15, -0.1) is 34.8 Å². The molecule has 0 spiro atoms. The summed E-state index contributed by atoms with van der Waals surface area (Å²) in [6, 6.07) is 0. The largest absolute Gasteiger partial charge is 0.135 e. The second-order valence-electron chi connectivity index (χ2n) is 5.30. The summed E-state index contributed by atoms with van der Waals surface area (Å²) in [6.45, 7) is 0. The molecule has 92 valence electrons. The molecule has 1 unspecified atom stereocenters. The molecule has 0 N–H and O–H groups in total. The van der Waals surface area contributed by atoms with Gasteiger partial charge in [-0.05, 0) is 25.7 Å². The van der Waals surface area contributed by atoms with Crippen LogP contribution in [-0.2, 0) is 10.9 Å². The van der Waals surface area contributed by atoms with E-state index in [0.29, 0.717) is 27.0 Å². The van der Waals surface area contributed by atoms with Gasteiger partial charge in [-0.1, -0.05) is 0 Å². The first-order valence-electron chi connectivity index (χ1n) is 6.31. The van der Waals surface area contributed by atoms with Gasteiger partial charge >= 0.3 is 0 Å². The lowest BCUT2D eigenvalue weighted by Crippen LogP contribution is -2.47. The van der Waals surface area contributed by atoms with Gasteiger partial charge in [-0.25, -0.2) is 0 Å². The van der Waals surface area contributed by atoms with E-state index >= 15 is 0 Å². The molecule has 3 rings (SSSR count). The van der Waals surface area contributed by atoms with E-state index in [-0.39, 0.29) is 0 Å². The summed E-state index contributed by atoms with van der Waals surface area (Å²) in [5, 5.41) is 3.29. The van der Waals surface area contributed by atoms with Crippen molar-refractivity contribution in [1.29, 1.82) is 0 Å². The van der Waals surface area contributed by atoms with Gasteiger partial charge in [-0.3, -0.25) is 0 Å². The molecule has 0 bridgehead atoms. The monoisotopic (exact) mass is 299 g/mol. The van der Waals surface area contributed by atoms with E-state index in [9.17, 15) is 0 Å². The summed E-state index contributed by atoms with van der Waals surface area (Å²) >= 11 is 19.6. The summed E-state index contributed by atoms with van der Waals surface area (Å²) in [6.07, 6.45) is 7.22. The van der Waals surface area contributed by atoms with Gasteiger partial charge in [0.05, 0.1) is 16.1 Å². The topological polar surface area (TPSA) is 0 Å². The number of halogens is 3. The Morgan fingerprint density at radius 2 is 0.875 bits per heavy atom. The Labute approximate surface area is 116 Å². The zero-order valence-electron chi connectivity index (χ0n) is 9.25. The van der Waals surface area contributed by atoms with Crippen molar-refractivity contribution >= 4 is 45.7 Å². The van der Waals surface area contributed by atoms with Crippen molar-refractivity contribution < 1.29 is 0 Å². The van der Waals surface area contributed by atoms with E-state index in [0.717, 1.165) is 28.6 Å². The molecule has 0 nitrogen and oxygen atoms in total. The maximum Gasteiger partial charge on any atom is 0.135 e. The molecule has 0 aromatic carbocycles. The van der Waals surface area contributed by atoms with E-state index in [1.165, 1.54) is 25.7 Å². The Bertz CT molecular complexity index is 273. The van der Waals surface area contributed by atoms with Crippen LogP contribution in [0.3, 0.4) is 0 Å². The standard InChI is InChI=1S/C12H18Cl3S/c13-7-1-2-8(14)11-5-6-12-9(15)3-4-10(7)16(11)12/h7-12H,1-6H2/q+1/t7-,8+,9+,10+,11-,12-,16?/m0/s1. The van der Waals surface area contributed by atoms with Gasteiger partial charge in [0.25, 0.3) is 0 Å². The van der Waals surface area contributed by atoms with Crippen molar-refractivity contribution in [2.45, 2.75) is 70.4 Å². The van der Waals surface area contributed by atoms with Crippen LogP contribution in [-0.4, -0.2) is 31.9 Å². The number of rotatable bonds is 0. The van der Waals surface area contributed by atoms with Gasteiger partial charge in [-0.2, -0.15) is 0 Å². The number of hydrogen-bond donors (Lipinski definition) is 0. The Hall–Kier alpha value is 1.22. The molecule has 3 saturated heterocycles. The zero-order valence-corrected chi connectivity index (χ0v) is 12.3.